The molecule has 1 aromatic heterocycles. The minimum Gasteiger partial charge on any atom is -0.384 e. The number of rotatable bonds is 5. The van der Waals surface area contributed by atoms with Gasteiger partial charge in [-0.2, -0.15) is 4.98 Å². The van der Waals surface area contributed by atoms with Gasteiger partial charge in [-0.05, 0) is 6.07 Å². The molecule has 84 valence electrons. The largest absolute Gasteiger partial charge is 0.384 e. The van der Waals surface area contributed by atoms with E-state index in [0.717, 1.165) is 6.26 Å². The van der Waals surface area contributed by atoms with Crippen LogP contribution in [0.1, 0.15) is 0 Å². The van der Waals surface area contributed by atoms with Crippen LogP contribution in [0.3, 0.4) is 0 Å². The quantitative estimate of drug-likeness (QED) is 0.562. The lowest BCUT2D eigenvalue weighted by atomic mass is 10.6. The Morgan fingerprint density at radius 1 is 1.47 bits per heavy atom. The van der Waals surface area contributed by atoms with Gasteiger partial charge in [0.2, 0.25) is 16.0 Å². The predicted molar refractivity (Wildman–Crippen MR) is 57.8 cm³/mol. The molecule has 1 aromatic rings. The molecule has 0 fully saturated rings. The van der Waals surface area contributed by atoms with Crippen molar-refractivity contribution < 1.29 is 8.42 Å². The fraction of sp³-hybridized carbons (Fsp3) is 0.429. The van der Waals surface area contributed by atoms with E-state index < -0.39 is 10.0 Å². The summed E-state index contributed by atoms with van der Waals surface area (Å²) < 4.78 is 23.7. The van der Waals surface area contributed by atoms with Crippen molar-refractivity contribution in [3.05, 3.63) is 12.3 Å². The number of nitrogens with zero attached hydrogens (tertiary/aromatic N) is 2. The first-order valence-electron chi connectivity index (χ1n) is 4.24. The van der Waals surface area contributed by atoms with Gasteiger partial charge in [0.05, 0.1) is 6.26 Å². The number of nitrogens with two attached hydrogens (primary N) is 1. The van der Waals surface area contributed by atoms with Gasteiger partial charge >= 0.3 is 0 Å². The zero-order valence-electron chi connectivity index (χ0n) is 8.27. The van der Waals surface area contributed by atoms with Crippen molar-refractivity contribution in [2.75, 3.05) is 30.4 Å². The molecule has 0 aliphatic carbocycles. The summed E-state index contributed by atoms with van der Waals surface area (Å²) in [6.45, 7) is 0.674. The van der Waals surface area contributed by atoms with E-state index in [1.54, 1.807) is 6.07 Å². The lowest BCUT2D eigenvalue weighted by Gasteiger charge is -2.04. The highest BCUT2D eigenvalue weighted by Gasteiger charge is 1.99. The van der Waals surface area contributed by atoms with Crippen molar-refractivity contribution in [3.63, 3.8) is 0 Å². The third-order valence-corrected chi connectivity index (χ3v) is 2.18. The summed E-state index contributed by atoms with van der Waals surface area (Å²) in [7, 11) is -3.14. The second-order valence-corrected chi connectivity index (χ2v) is 4.73. The second kappa shape index (κ2) is 4.89. The molecule has 0 aromatic carbocycles. The van der Waals surface area contributed by atoms with E-state index in [9.17, 15) is 8.42 Å². The molecule has 0 aliphatic heterocycles. The molecule has 0 aliphatic rings. The van der Waals surface area contributed by atoms with Gasteiger partial charge in [-0.1, -0.05) is 0 Å². The summed E-state index contributed by atoms with van der Waals surface area (Å²) in [5, 5.41) is 2.83. The van der Waals surface area contributed by atoms with E-state index in [1.165, 1.54) is 6.20 Å². The van der Waals surface area contributed by atoms with Crippen molar-refractivity contribution in [1.82, 2.24) is 14.7 Å². The molecule has 7 nitrogen and oxygen atoms in total. The fourth-order valence-electron chi connectivity index (χ4n) is 0.869. The molecule has 4 N–H and O–H groups in total. The topological polar surface area (TPSA) is 110 Å². The second-order valence-electron chi connectivity index (χ2n) is 2.90. The SMILES string of the molecule is CS(=O)(=O)NCCNc1nccc(N)n1. The van der Waals surface area contributed by atoms with Gasteiger partial charge in [0, 0.05) is 19.3 Å². The molecule has 0 saturated heterocycles. The van der Waals surface area contributed by atoms with Crippen LogP contribution in [0.2, 0.25) is 0 Å². The molecule has 0 unspecified atom stereocenters. The Hall–Kier alpha value is -1.41. The molecule has 15 heavy (non-hydrogen) atoms. The van der Waals surface area contributed by atoms with Gasteiger partial charge in [-0.25, -0.2) is 18.1 Å². The summed E-state index contributed by atoms with van der Waals surface area (Å²) in [4.78, 5) is 7.78. The molecule has 0 amide bonds. The van der Waals surface area contributed by atoms with Gasteiger partial charge < -0.3 is 11.1 Å². The summed E-state index contributed by atoms with van der Waals surface area (Å²) in [5.74, 6) is 0.744. The van der Waals surface area contributed by atoms with E-state index in [0.29, 0.717) is 18.3 Å². The molecule has 8 heteroatoms. The predicted octanol–water partition coefficient (Wildman–Crippen LogP) is -0.980. The van der Waals surface area contributed by atoms with Crippen molar-refractivity contribution in [2.45, 2.75) is 0 Å². The van der Waals surface area contributed by atoms with Gasteiger partial charge in [0.1, 0.15) is 5.82 Å². The Morgan fingerprint density at radius 2 is 2.20 bits per heavy atom. The third-order valence-electron chi connectivity index (χ3n) is 1.45. The third kappa shape index (κ3) is 5.13. The summed E-state index contributed by atoms with van der Waals surface area (Å²) in [6.07, 6.45) is 2.62. The summed E-state index contributed by atoms with van der Waals surface area (Å²) >= 11 is 0. The van der Waals surface area contributed by atoms with Crippen LogP contribution in [0.5, 0.6) is 0 Å². The van der Waals surface area contributed by atoms with Crippen molar-refractivity contribution in [3.8, 4) is 0 Å². The molecule has 1 rings (SSSR count). The Bertz CT molecular complexity index is 419. The van der Waals surface area contributed by atoms with Crippen molar-refractivity contribution in [1.29, 1.82) is 0 Å². The van der Waals surface area contributed by atoms with Gasteiger partial charge in [0.25, 0.3) is 0 Å². The van der Waals surface area contributed by atoms with Crippen LogP contribution >= 0.6 is 0 Å². The summed E-state index contributed by atoms with van der Waals surface area (Å²) in [6, 6.07) is 1.57. The highest BCUT2D eigenvalue weighted by atomic mass is 32.2. The smallest absolute Gasteiger partial charge is 0.224 e. The minimum absolute atomic E-state index is 0.275. The maximum atomic E-state index is 10.7. The average molecular weight is 231 g/mol. The number of hydrogen-bond donors (Lipinski definition) is 3. The van der Waals surface area contributed by atoms with Crippen LogP contribution in [-0.2, 0) is 10.0 Å². The van der Waals surface area contributed by atoms with Crippen LogP contribution < -0.4 is 15.8 Å². The Morgan fingerprint density at radius 3 is 2.80 bits per heavy atom. The zero-order chi connectivity index (χ0) is 11.3. The van der Waals surface area contributed by atoms with Crippen LogP contribution in [0.25, 0.3) is 0 Å². The average Bonchev–Trinajstić information content (AvgIpc) is 2.11. The zero-order valence-corrected chi connectivity index (χ0v) is 9.08. The molecule has 0 saturated carbocycles. The Balaban J connectivity index is 2.32. The molecule has 0 bridgehead atoms. The summed E-state index contributed by atoms with van der Waals surface area (Å²) in [5.41, 5.74) is 5.43. The van der Waals surface area contributed by atoms with E-state index in [1.807, 2.05) is 0 Å². The first-order valence-corrected chi connectivity index (χ1v) is 6.13. The highest BCUT2D eigenvalue weighted by molar-refractivity contribution is 7.88. The molecule has 1 heterocycles. The van der Waals surface area contributed by atoms with Crippen LogP contribution in [0, 0.1) is 0 Å². The number of anilines is 2. The maximum absolute atomic E-state index is 10.7. The van der Waals surface area contributed by atoms with Gasteiger partial charge in [0.15, 0.2) is 0 Å². The van der Waals surface area contributed by atoms with Crippen LogP contribution in [-0.4, -0.2) is 37.7 Å². The van der Waals surface area contributed by atoms with E-state index >= 15 is 0 Å². The number of sulfonamides is 1. The molecule has 0 radical (unpaired) electrons. The van der Waals surface area contributed by atoms with Crippen molar-refractivity contribution in [2.24, 2.45) is 0 Å². The Kier molecular flexibility index (Phi) is 3.81. The Labute approximate surface area is 88.2 Å². The van der Waals surface area contributed by atoms with E-state index in [-0.39, 0.29) is 6.54 Å². The van der Waals surface area contributed by atoms with Crippen molar-refractivity contribution >= 4 is 21.8 Å². The van der Waals surface area contributed by atoms with Crippen LogP contribution in [0.15, 0.2) is 12.3 Å². The normalized spacial score (nSPS) is 11.3. The number of aromatic nitrogens is 2. The standard InChI is InChI=1S/C7H13N5O2S/c1-15(13,14)11-5-4-10-7-9-3-2-6(8)12-7/h2-3,11H,4-5H2,1H3,(H3,8,9,10,12). The molecular weight excluding hydrogens is 218 g/mol. The van der Waals surface area contributed by atoms with E-state index in [4.69, 9.17) is 5.73 Å². The monoisotopic (exact) mass is 231 g/mol. The molecular formula is C7H13N5O2S. The lowest BCUT2D eigenvalue weighted by molar-refractivity contribution is 0.589. The number of nitrogen functional groups attached to an aromatic ring is 1. The van der Waals surface area contributed by atoms with Crippen LogP contribution in [0.4, 0.5) is 11.8 Å². The lowest BCUT2D eigenvalue weighted by Crippen LogP contribution is -2.28. The first-order chi connectivity index (χ1) is 6.97. The minimum atomic E-state index is -3.14. The molecule has 0 atom stereocenters. The maximum Gasteiger partial charge on any atom is 0.224 e. The first kappa shape index (κ1) is 11.7. The highest BCUT2D eigenvalue weighted by Crippen LogP contribution is 1.99. The number of hydrogen-bond acceptors (Lipinski definition) is 6. The fourth-order valence-corrected chi connectivity index (χ4v) is 1.34. The van der Waals surface area contributed by atoms with E-state index in [2.05, 4.69) is 20.0 Å². The van der Waals surface area contributed by atoms with Gasteiger partial charge in [-0.15, -0.1) is 0 Å². The van der Waals surface area contributed by atoms with Gasteiger partial charge in [-0.3, -0.25) is 0 Å². The molecule has 0 spiro atoms. The number of nitrogens with one attached hydrogen (secondary N) is 2.